The van der Waals surface area contributed by atoms with Gasteiger partial charge in [-0.25, -0.2) is 9.37 Å². The molecule has 144 valence electrons. The monoisotopic (exact) mass is 398 g/mol. The van der Waals surface area contributed by atoms with Crippen molar-refractivity contribution in [1.29, 1.82) is 0 Å². The molecule has 0 amide bonds. The van der Waals surface area contributed by atoms with E-state index in [2.05, 4.69) is 57.0 Å². The van der Waals surface area contributed by atoms with E-state index in [1.807, 2.05) is 18.2 Å². The lowest BCUT2D eigenvalue weighted by Gasteiger charge is -2.41. The molecule has 0 atom stereocenters. The summed E-state index contributed by atoms with van der Waals surface area (Å²) in [5, 5.41) is 6.44. The summed E-state index contributed by atoms with van der Waals surface area (Å²) in [5.41, 5.74) is 3.33. The first-order valence-corrected chi connectivity index (χ1v) is 9.69. The molecule has 1 aromatic heterocycles. The first kappa shape index (κ1) is 18.8. The molecule has 2 heterocycles. The Morgan fingerprint density at radius 1 is 1.04 bits per heavy atom. The molecule has 2 N–H and O–H groups in total. The zero-order valence-electron chi connectivity index (χ0n) is 15.4. The van der Waals surface area contributed by atoms with Crippen LogP contribution >= 0.6 is 11.6 Å². The summed E-state index contributed by atoms with van der Waals surface area (Å²) in [7, 11) is 0. The van der Waals surface area contributed by atoms with E-state index in [9.17, 15) is 4.39 Å². The molecule has 0 bridgehead atoms. The third kappa shape index (κ3) is 4.14. The Labute approximate surface area is 168 Å². The molecule has 1 saturated heterocycles. The van der Waals surface area contributed by atoms with Crippen LogP contribution < -0.4 is 15.1 Å². The van der Waals surface area contributed by atoms with Gasteiger partial charge in [0.2, 0.25) is 5.28 Å². The van der Waals surface area contributed by atoms with Crippen molar-refractivity contribution in [2.24, 2.45) is 0 Å². The number of quaternary nitrogens is 1. The first-order valence-electron chi connectivity index (χ1n) is 9.31. The van der Waals surface area contributed by atoms with Crippen molar-refractivity contribution in [2.75, 3.05) is 31.5 Å². The highest BCUT2D eigenvalue weighted by Crippen LogP contribution is 2.29. The maximum Gasteiger partial charge on any atom is 0.224 e. The van der Waals surface area contributed by atoms with E-state index < -0.39 is 5.82 Å². The number of hydrogen-bond acceptors (Lipinski definition) is 4. The zero-order valence-corrected chi connectivity index (χ0v) is 16.2. The smallest absolute Gasteiger partial charge is 0.224 e. The fourth-order valence-electron chi connectivity index (χ4n) is 3.69. The minimum Gasteiger partial charge on any atom is -0.338 e. The average molecular weight is 399 g/mol. The lowest BCUT2D eigenvalue weighted by Crippen LogP contribution is -2.59. The van der Waals surface area contributed by atoms with Crippen LogP contribution in [0.2, 0.25) is 5.28 Å². The third-order valence-electron chi connectivity index (χ3n) is 5.15. The van der Waals surface area contributed by atoms with Crippen molar-refractivity contribution in [1.82, 2.24) is 19.8 Å². The molecule has 1 aliphatic heterocycles. The Morgan fingerprint density at radius 3 is 2.46 bits per heavy atom. The van der Waals surface area contributed by atoms with Crippen LogP contribution in [0.3, 0.4) is 0 Å². The van der Waals surface area contributed by atoms with Gasteiger partial charge < -0.3 is 10.6 Å². The van der Waals surface area contributed by atoms with Crippen LogP contribution in [-0.2, 0) is 6.54 Å². The Bertz CT molecular complexity index is 927. The summed E-state index contributed by atoms with van der Waals surface area (Å²) in [5.74, 6) is -0.466. The SMILES string of the molecule is Fc1cnc(Cl)nc1Nc1ccc([N+]2(Cc3ccccc3)CCNCC2)cc1. The largest absolute Gasteiger partial charge is 0.338 e. The topological polar surface area (TPSA) is 49.8 Å². The van der Waals surface area contributed by atoms with Crippen molar-refractivity contribution < 1.29 is 4.39 Å². The van der Waals surface area contributed by atoms with Gasteiger partial charge in [-0.05, 0) is 23.7 Å². The zero-order chi connectivity index (χ0) is 19.4. The molecule has 0 unspecified atom stereocenters. The van der Waals surface area contributed by atoms with Gasteiger partial charge in [0.25, 0.3) is 0 Å². The first-order chi connectivity index (χ1) is 13.6. The van der Waals surface area contributed by atoms with Gasteiger partial charge in [0, 0.05) is 36.5 Å². The molecular weight excluding hydrogens is 377 g/mol. The fraction of sp³-hybridized carbons (Fsp3) is 0.238. The molecule has 5 nitrogen and oxygen atoms in total. The Balaban J connectivity index is 1.58. The molecule has 28 heavy (non-hydrogen) atoms. The molecule has 4 rings (SSSR count). The highest BCUT2D eigenvalue weighted by molar-refractivity contribution is 6.28. The fourth-order valence-corrected chi connectivity index (χ4v) is 3.83. The van der Waals surface area contributed by atoms with Crippen LogP contribution in [0.5, 0.6) is 0 Å². The van der Waals surface area contributed by atoms with Crippen LogP contribution in [-0.4, -0.2) is 36.1 Å². The van der Waals surface area contributed by atoms with Gasteiger partial charge >= 0.3 is 0 Å². The molecule has 0 saturated carbocycles. The molecule has 3 aromatic rings. The summed E-state index contributed by atoms with van der Waals surface area (Å²) in [4.78, 5) is 7.54. The van der Waals surface area contributed by atoms with Crippen LogP contribution in [0.15, 0.2) is 60.8 Å². The van der Waals surface area contributed by atoms with E-state index >= 15 is 0 Å². The van der Waals surface area contributed by atoms with Crippen LogP contribution in [0.1, 0.15) is 5.56 Å². The van der Waals surface area contributed by atoms with E-state index in [0.29, 0.717) is 0 Å². The van der Waals surface area contributed by atoms with Crippen molar-refractivity contribution >= 4 is 28.8 Å². The number of aromatic nitrogens is 2. The van der Waals surface area contributed by atoms with Crippen molar-refractivity contribution in [3.05, 3.63) is 77.5 Å². The van der Waals surface area contributed by atoms with Crippen LogP contribution in [0.25, 0.3) is 0 Å². The molecule has 0 spiro atoms. The maximum atomic E-state index is 13.9. The van der Waals surface area contributed by atoms with Gasteiger partial charge in [0.15, 0.2) is 11.6 Å². The number of benzene rings is 2. The molecule has 1 fully saturated rings. The van der Waals surface area contributed by atoms with E-state index in [0.717, 1.165) is 49.1 Å². The number of anilines is 2. The van der Waals surface area contributed by atoms with Gasteiger partial charge in [0.1, 0.15) is 12.2 Å². The number of piperazine rings is 1. The second-order valence-corrected chi connectivity index (χ2v) is 7.33. The summed E-state index contributed by atoms with van der Waals surface area (Å²) in [6, 6.07) is 18.7. The number of rotatable bonds is 5. The summed E-state index contributed by atoms with van der Waals surface area (Å²) in [6.07, 6.45) is 1.06. The Hall–Kier alpha value is -2.54. The van der Waals surface area contributed by atoms with Gasteiger partial charge in [0.05, 0.1) is 19.3 Å². The second kappa shape index (κ2) is 8.22. The average Bonchev–Trinajstić information content (AvgIpc) is 2.73. The van der Waals surface area contributed by atoms with E-state index in [-0.39, 0.29) is 11.1 Å². The minimum absolute atomic E-state index is 0.00806. The van der Waals surface area contributed by atoms with Gasteiger partial charge in [-0.2, -0.15) is 4.98 Å². The lowest BCUT2D eigenvalue weighted by atomic mass is 10.1. The molecular formula is C21H22ClFN5+. The molecule has 0 radical (unpaired) electrons. The van der Waals surface area contributed by atoms with Crippen molar-refractivity contribution in [2.45, 2.75) is 6.54 Å². The maximum absolute atomic E-state index is 13.9. The predicted molar refractivity (Wildman–Crippen MR) is 111 cm³/mol. The van der Waals surface area contributed by atoms with Crippen LogP contribution in [0, 0.1) is 5.82 Å². The molecule has 0 aliphatic carbocycles. The summed E-state index contributed by atoms with van der Waals surface area (Å²) in [6.45, 7) is 4.97. The Kier molecular flexibility index (Phi) is 5.52. The number of hydrogen-bond donors (Lipinski definition) is 2. The second-order valence-electron chi connectivity index (χ2n) is 6.99. The summed E-state index contributed by atoms with van der Waals surface area (Å²) >= 11 is 5.77. The number of nitrogens with zero attached hydrogens (tertiary/aromatic N) is 3. The van der Waals surface area contributed by atoms with E-state index in [1.54, 1.807) is 0 Å². The van der Waals surface area contributed by atoms with Crippen LogP contribution in [0.4, 0.5) is 21.6 Å². The van der Waals surface area contributed by atoms with Crippen molar-refractivity contribution in [3.8, 4) is 0 Å². The Morgan fingerprint density at radius 2 is 1.75 bits per heavy atom. The van der Waals surface area contributed by atoms with Gasteiger partial charge in [-0.15, -0.1) is 0 Å². The highest BCUT2D eigenvalue weighted by Gasteiger charge is 2.32. The van der Waals surface area contributed by atoms with Crippen molar-refractivity contribution in [3.63, 3.8) is 0 Å². The van der Waals surface area contributed by atoms with E-state index in [1.165, 1.54) is 11.3 Å². The predicted octanol–water partition coefficient (Wildman–Crippen LogP) is 4.12. The standard InChI is InChI=1S/C21H22ClFN5/c22-21-25-14-19(23)20(27-21)26-17-6-8-18(9-7-17)28(12-10-24-11-13-28)15-16-4-2-1-3-5-16/h1-9,14,24H,10-13,15H2,(H,25,26,27)/q+1. The molecule has 2 aromatic carbocycles. The quantitative estimate of drug-likeness (QED) is 0.501. The number of nitrogens with one attached hydrogen (secondary N) is 2. The van der Waals surface area contributed by atoms with Gasteiger partial charge in [-0.1, -0.05) is 30.3 Å². The van der Waals surface area contributed by atoms with E-state index in [4.69, 9.17) is 11.6 Å². The highest BCUT2D eigenvalue weighted by atomic mass is 35.5. The molecule has 1 aliphatic rings. The third-order valence-corrected chi connectivity index (χ3v) is 5.34. The van der Waals surface area contributed by atoms with Gasteiger partial charge in [-0.3, -0.25) is 4.48 Å². The lowest BCUT2D eigenvalue weighted by molar-refractivity contribution is 0.233. The normalized spacial score (nSPS) is 15.9. The number of halogens is 2. The summed E-state index contributed by atoms with van der Waals surface area (Å²) < 4.78 is 14.8. The minimum atomic E-state index is -0.539. The molecule has 7 heteroatoms.